The first kappa shape index (κ1) is 15.8. The van der Waals surface area contributed by atoms with E-state index in [0.717, 1.165) is 16.9 Å². The number of hydrogen-bond donors (Lipinski definition) is 0. The molecule has 120 valence electrons. The molecule has 3 rings (SSSR count). The highest BCUT2D eigenvalue weighted by Crippen LogP contribution is 2.32. The molecular formula is C17H14BrFO4. The van der Waals surface area contributed by atoms with Crippen molar-refractivity contribution in [3.8, 4) is 11.5 Å². The molecule has 0 spiro atoms. The number of ether oxygens (including phenoxy) is 3. The van der Waals surface area contributed by atoms with Crippen molar-refractivity contribution in [2.75, 3.05) is 6.79 Å². The van der Waals surface area contributed by atoms with E-state index >= 15 is 0 Å². The fourth-order valence-electron chi connectivity index (χ4n) is 2.21. The predicted molar refractivity (Wildman–Crippen MR) is 84.8 cm³/mol. The van der Waals surface area contributed by atoms with Gasteiger partial charge in [-0.15, -0.1) is 0 Å². The monoisotopic (exact) mass is 380 g/mol. The second kappa shape index (κ2) is 7.00. The summed E-state index contributed by atoms with van der Waals surface area (Å²) >= 11 is 3.24. The molecule has 1 aliphatic heterocycles. The molecule has 6 heteroatoms. The minimum atomic E-state index is -0.338. The normalized spacial score (nSPS) is 12.3. The van der Waals surface area contributed by atoms with Crippen LogP contribution in [0.4, 0.5) is 4.39 Å². The lowest BCUT2D eigenvalue weighted by atomic mass is 10.1. The Morgan fingerprint density at radius 2 is 2.00 bits per heavy atom. The van der Waals surface area contributed by atoms with Crippen LogP contribution in [0.3, 0.4) is 0 Å². The van der Waals surface area contributed by atoms with Crippen molar-refractivity contribution in [3.63, 3.8) is 0 Å². The molecule has 23 heavy (non-hydrogen) atoms. The Kier molecular flexibility index (Phi) is 4.81. The summed E-state index contributed by atoms with van der Waals surface area (Å²) in [5.74, 6) is 0.775. The van der Waals surface area contributed by atoms with Crippen molar-refractivity contribution in [1.29, 1.82) is 0 Å². The molecule has 0 amide bonds. The topological polar surface area (TPSA) is 44.8 Å². The highest BCUT2D eigenvalue weighted by atomic mass is 79.9. The maximum atomic E-state index is 13.0. The van der Waals surface area contributed by atoms with Crippen molar-refractivity contribution in [3.05, 3.63) is 57.8 Å². The van der Waals surface area contributed by atoms with E-state index in [2.05, 4.69) is 15.9 Å². The molecule has 0 saturated heterocycles. The Morgan fingerprint density at radius 1 is 1.17 bits per heavy atom. The molecule has 1 heterocycles. The number of hydrogen-bond acceptors (Lipinski definition) is 4. The third kappa shape index (κ3) is 4.01. The highest BCUT2D eigenvalue weighted by molar-refractivity contribution is 9.10. The number of aryl methyl sites for hydroxylation is 1. The van der Waals surface area contributed by atoms with Crippen molar-refractivity contribution >= 4 is 21.9 Å². The maximum Gasteiger partial charge on any atom is 0.306 e. The SMILES string of the molecule is O=C(CCc1ccc2c(c1)OCO2)OCc1ccc(F)cc1Br. The third-order valence-corrected chi connectivity index (χ3v) is 4.20. The van der Waals surface area contributed by atoms with Crippen LogP contribution in [0.5, 0.6) is 11.5 Å². The van der Waals surface area contributed by atoms with Crippen LogP contribution in [0.25, 0.3) is 0 Å². The summed E-state index contributed by atoms with van der Waals surface area (Å²) in [6, 6.07) is 9.86. The van der Waals surface area contributed by atoms with E-state index in [1.165, 1.54) is 12.1 Å². The molecule has 0 radical (unpaired) electrons. The van der Waals surface area contributed by atoms with Gasteiger partial charge in [-0.2, -0.15) is 0 Å². The number of carbonyl (C=O) groups is 1. The van der Waals surface area contributed by atoms with Gasteiger partial charge in [0.15, 0.2) is 11.5 Å². The van der Waals surface area contributed by atoms with Gasteiger partial charge in [0.2, 0.25) is 6.79 Å². The van der Waals surface area contributed by atoms with Gasteiger partial charge >= 0.3 is 5.97 Å². The van der Waals surface area contributed by atoms with Crippen molar-refractivity contribution in [1.82, 2.24) is 0 Å². The van der Waals surface area contributed by atoms with Crippen LogP contribution in [-0.2, 0) is 22.6 Å². The second-order valence-electron chi connectivity index (χ2n) is 5.08. The second-order valence-corrected chi connectivity index (χ2v) is 5.94. The summed E-state index contributed by atoms with van der Waals surface area (Å²) < 4.78 is 29.3. The van der Waals surface area contributed by atoms with E-state index in [4.69, 9.17) is 14.2 Å². The van der Waals surface area contributed by atoms with Crippen LogP contribution in [0.15, 0.2) is 40.9 Å². The van der Waals surface area contributed by atoms with Crippen LogP contribution in [0.1, 0.15) is 17.5 Å². The zero-order chi connectivity index (χ0) is 16.2. The first-order chi connectivity index (χ1) is 11.1. The van der Waals surface area contributed by atoms with Crippen LogP contribution < -0.4 is 9.47 Å². The molecule has 0 aliphatic carbocycles. The van der Waals surface area contributed by atoms with Gasteiger partial charge in [-0.05, 0) is 36.2 Å². The molecule has 4 nitrogen and oxygen atoms in total. The summed E-state index contributed by atoms with van der Waals surface area (Å²) in [6.45, 7) is 0.341. The van der Waals surface area contributed by atoms with Gasteiger partial charge in [-0.25, -0.2) is 4.39 Å². The molecule has 0 bridgehead atoms. The van der Waals surface area contributed by atoms with Gasteiger partial charge in [0, 0.05) is 16.5 Å². The first-order valence-electron chi connectivity index (χ1n) is 7.10. The molecule has 1 aliphatic rings. The smallest absolute Gasteiger partial charge is 0.306 e. The minimum Gasteiger partial charge on any atom is -0.461 e. The molecule has 0 saturated carbocycles. The Balaban J connectivity index is 1.50. The zero-order valence-electron chi connectivity index (χ0n) is 12.2. The standard InChI is InChI=1S/C17H14BrFO4/c18-14-8-13(19)4-3-12(14)9-21-17(20)6-2-11-1-5-15-16(7-11)23-10-22-15/h1,3-5,7-8H,2,6,9-10H2. The van der Waals surface area contributed by atoms with E-state index in [1.54, 1.807) is 6.07 Å². The van der Waals surface area contributed by atoms with Crippen molar-refractivity contribution in [2.24, 2.45) is 0 Å². The van der Waals surface area contributed by atoms with Crippen LogP contribution in [-0.4, -0.2) is 12.8 Å². The maximum absolute atomic E-state index is 13.0. The van der Waals surface area contributed by atoms with Gasteiger partial charge in [0.25, 0.3) is 0 Å². The molecule has 0 N–H and O–H groups in total. The average molecular weight is 381 g/mol. The fraction of sp³-hybridized carbons (Fsp3) is 0.235. The van der Waals surface area contributed by atoms with Gasteiger partial charge < -0.3 is 14.2 Å². The molecule has 2 aromatic rings. The highest BCUT2D eigenvalue weighted by Gasteiger charge is 2.14. The Labute approximate surface area is 141 Å². The Hall–Kier alpha value is -2.08. The number of halogens is 2. The van der Waals surface area contributed by atoms with Crippen LogP contribution >= 0.6 is 15.9 Å². The van der Waals surface area contributed by atoms with Crippen LogP contribution in [0.2, 0.25) is 0 Å². The van der Waals surface area contributed by atoms with E-state index in [-0.39, 0.29) is 31.6 Å². The largest absolute Gasteiger partial charge is 0.461 e. The molecule has 0 atom stereocenters. The van der Waals surface area contributed by atoms with E-state index < -0.39 is 0 Å². The quantitative estimate of drug-likeness (QED) is 0.735. The van der Waals surface area contributed by atoms with E-state index in [0.29, 0.717) is 16.6 Å². The number of benzene rings is 2. The first-order valence-corrected chi connectivity index (χ1v) is 7.89. The summed E-state index contributed by atoms with van der Waals surface area (Å²) in [7, 11) is 0. The van der Waals surface area contributed by atoms with Gasteiger partial charge in [-0.1, -0.05) is 28.1 Å². The number of carbonyl (C=O) groups excluding carboxylic acids is 1. The average Bonchev–Trinajstić information content (AvgIpc) is 2.99. The van der Waals surface area contributed by atoms with Crippen molar-refractivity contribution in [2.45, 2.75) is 19.4 Å². The van der Waals surface area contributed by atoms with E-state index in [9.17, 15) is 9.18 Å². The number of fused-ring (bicyclic) bond motifs is 1. The summed E-state index contributed by atoms with van der Waals surface area (Å²) in [4.78, 5) is 11.8. The van der Waals surface area contributed by atoms with Crippen LogP contribution in [0, 0.1) is 5.82 Å². The lowest BCUT2D eigenvalue weighted by molar-refractivity contribution is -0.144. The molecular weight excluding hydrogens is 367 g/mol. The zero-order valence-corrected chi connectivity index (χ0v) is 13.8. The number of rotatable bonds is 5. The Morgan fingerprint density at radius 3 is 2.83 bits per heavy atom. The summed E-state index contributed by atoms with van der Waals surface area (Å²) in [6.07, 6.45) is 0.818. The summed E-state index contributed by atoms with van der Waals surface area (Å²) in [5, 5.41) is 0. The molecule has 2 aromatic carbocycles. The molecule has 0 fully saturated rings. The van der Waals surface area contributed by atoms with Gasteiger partial charge in [0.05, 0.1) is 0 Å². The fourth-order valence-corrected chi connectivity index (χ4v) is 2.68. The van der Waals surface area contributed by atoms with Gasteiger partial charge in [-0.3, -0.25) is 4.79 Å². The predicted octanol–water partition coefficient (Wildman–Crippen LogP) is 3.99. The minimum absolute atomic E-state index is 0.112. The Bertz CT molecular complexity index is 733. The molecule has 0 unspecified atom stereocenters. The van der Waals surface area contributed by atoms with E-state index in [1.807, 2.05) is 18.2 Å². The third-order valence-electron chi connectivity index (χ3n) is 3.46. The lowest BCUT2D eigenvalue weighted by Crippen LogP contribution is -2.06. The summed E-state index contributed by atoms with van der Waals surface area (Å²) in [5.41, 5.74) is 1.71. The van der Waals surface area contributed by atoms with Gasteiger partial charge in [0.1, 0.15) is 12.4 Å². The van der Waals surface area contributed by atoms with Crippen molar-refractivity contribution < 1.29 is 23.4 Å². The lowest BCUT2D eigenvalue weighted by Gasteiger charge is -2.07. The molecule has 0 aromatic heterocycles. The number of esters is 1.